The Hall–Kier alpha value is -1.36. The third kappa shape index (κ3) is 3.77. The highest BCUT2D eigenvalue weighted by Gasteiger charge is 2.26. The number of hydrogen-bond donors (Lipinski definition) is 1. The van der Waals surface area contributed by atoms with Gasteiger partial charge >= 0.3 is 0 Å². The maximum absolute atomic E-state index is 12.4. The van der Waals surface area contributed by atoms with E-state index in [0.717, 1.165) is 18.5 Å². The van der Waals surface area contributed by atoms with Gasteiger partial charge in [0, 0.05) is 22.5 Å². The van der Waals surface area contributed by atoms with Gasteiger partial charge in [-0.15, -0.1) is 11.3 Å². The lowest BCUT2D eigenvalue weighted by atomic mass is 10.0. The van der Waals surface area contributed by atoms with Crippen LogP contribution >= 0.6 is 22.9 Å². The van der Waals surface area contributed by atoms with E-state index in [2.05, 4.69) is 28.6 Å². The first kappa shape index (κ1) is 16.5. The van der Waals surface area contributed by atoms with Crippen LogP contribution in [-0.4, -0.2) is 23.9 Å². The number of carbonyl (C=O) groups excluding carboxylic acids is 1. The molecule has 1 aliphatic heterocycles. The molecule has 2 unspecified atom stereocenters. The van der Waals surface area contributed by atoms with Crippen molar-refractivity contribution in [2.45, 2.75) is 32.4 Å². The summed E-state index contributed by atoms with van der Waals surface area (Å²) in [7, 11) is 0. The van der Waals surface area contributed by atoms with Gasteiger partial charge in [0.1, 0.15) is 0 Å². The number of benzene rings is 1. The summed E-state index contributed by atoms with van der Waals surface area (Å²) in [5.74, 6) is 0.0583. The van der Waals surface area contributed by atoms with Crippen molar-refractivity contribution in [1.82, 2.24) is 10.2 Å². The Kier molecular flexibility index (Phi) is 5.05. The van der Waals surface area contributed by atoms with Crippen molar-refractivity contribution < 1.29 is 4.79 Å². The minimum Gasteiger partial charge on any atom is -0.348 e. The predicted octanol–water partition coefficient (Wildman–Crippen LogP) is 4.20. The molecule has 1 aliphatic rings. The number of halogens is 1. The van der Waals surface area contributed by atoms with Gasteiger partial charge in [0.25, 0.3) is 0 Å². The summed E-state index contributed by atoms with van der Waals surface area (Å²) in [5.41, 5.74) is 2.40. The van der Waals surface area contributed by atoms with E-state index in [4.69, 9.17) is 11.6 Å². The van der Waals surface area contributed by atoms with E-state index in [1.165, 1.54) is 10.4 Å². The van der Waals surface area contributed by atoms with Crippen LogP contribution in [-0.2, 0) is 11.2 Å². The standard InChI is InChI=1S/C18H21ClN2OS/c1-12(14-4-3-5-15(19)10-14)20-18(22)11-21-8-6-17-16(13(21)2)7-9-23-17/h3-5,7,9-10,12-13H,6,8,11H2,1-2H3,(H,20,22). The molecule has 5 heteroatoms. The molecule has 0 radical (unpaired) electrons. The van der Waals surface area contributed by atoms with Crippen molar-refractivity contribution in [2.75, 3.05) is 13.1 Å². The molecular formula is C18H21ClN2OS. The minimum absolute atomic E-state index is 0.0435. The molecule has 2 aromatic rings. The van der Waals surface area contributed by atoms with Gasteiger partial charge in [-0.25, -0.2) is 0 Å². The number of hydrogen-bond acceptors (Lipinski definition) is 3. The molecule has 0 aliphatic carbocycles. The number of rotatable bonds is 4. The van der Waals surface area contributed by atoms with Crippen molar-refractivity contribution in [3.63, 3.8) is 0 Å². The SMILES string of the molecule is CC(NC(=O)CN1CCc2sccc2C1C)c1cccc(Cl)c1. The molecule has 2 atom stereocenters. The highest BCUT2D eigenvalue weighted by molar-refractivity contribution is 7.10. The predicted molar refractivity (Wildman–Crippen MR) is 96.0 cm³/mol. The summed E-state index contributed by atoms with van der Waals surface area (Å²) in [4.78, 5) is 16.1. The molecule has 0 saturated carbocycles. The van der Waals surface area contributed by atoms with Crippen LogP contribution in [0, 0.1) is 0 Å². The molecule has 0 saturated heterocycles. The van der Waals surface area contributed by atoms with Gasteiger partial charge in [-0.05, 0) is 55.0 Å². The third-order valence-corrected chi connectivity index (χ3v) is 5.71. The lowest BCUT2D eigenvalue weighted by Crippen LogP contribution is -2.42. The maximum Gasteiger partial charge on any atom is 0.234 e. The van der Waals surface area contributed by atoms with Crippen LogP contribution in [0.1, 0.15) is 41.9 Å². The highest BCUT2D eigenvalue weighted by atomic mass is 35.5. The van der Waals surface area contributed by atoms with Crippen LogP contribution in [0.5, 0.6) is 0 Å². The molecule has 1 aromatic carbocycles. The van der Waals surface area contributed by atoms with Gasteiger partial charge in [0.05, 0.1) is 12.6 Å². The van der Waals surface area contributed by atoms with Crippen molar-refractivity contribution in [1.29, 1.82) is 0 Å². The molecule has 122 valence electrons. The topological polar surface area (TPSA) is 32.3 Å². The highest BCUT2D eigenvalue weighted by Crippen LogP contribution is 2.32. The van der Waals surface area contributed by atoms with Crippen molar-refractivity contribution in [3.05, 3.63) is 56.7 Å². The monoisotopic (exact) mass is 348 g/mol. The minimum atomic E-state index is -0.0435. The normalized spacial score (nSPS) is 19.2. The zero-order valence-corrected chi connectivity index (χ0v) is 15.0. The van der Waals surface area contributed by atoms with Crippen molar-refractivity contribution >= 4 is 28.8 Å². The number of amides is 1. The summed E-state index contributed by atoms with van der Waals surface area (Å²) in [5, 5.41) is 5.91. The van der Waals surface area contributed by atoms with E-state index in [1.807, 2.05) is 42.5 Å². The summed E-state index contributed by atoms with van der Waals surface area (Å²) in [6.45, 7) is 5.54. The van der Waals surface area contributed by atoms with Gasteiger partial charge < -0.3 is 5.32 Å². The van der Waals surface area contributed by atoms with E-state index in [1.54, 1.807) is 0 Å². The first-order valence-electron chi connectivity index (χ1n) is 7.89. The Morgan fingerprint density at radius 2 is 2.30 bits per heavy atom. The second-order valence-corrected chi connectivity index (χ2v) is 7.48. The molecule has 1 amide bonds. The number of thiophene rings is 1. The Labute approximate surface area is 146 Å². The van der Waals surface area contributed by atoms with Gasteiger partial charge in [0.2, 0.25) is 5.91 Å². The summed E-state index contributed by atoms with van der Waals surface area (Å²) in [6.07, 6.45) is 1.04. The molecule has 0 spiro atoms. The lowest BCUT2D eigenvalue weighted by Gasteiger charge is -2.33. The zero-order chi connectivity index (χ0) is 16.4. The smallest absolute Gasteiger partial charge is 0.234 e. The van der Waals surface area contributed by atoms with E-state index in [-0.39, 0.29) is 11.9 Å². The van der Waals surface area contributed by atoms with Crippen LogP contribution in [0.3, 0.4) is 0 Å². The fraction of sp³-hybridized carbons (Fsp3) is 0.389. The second kappa shape index (κ2) is 7.04. The van der Waals surface area contributed by atoms with E-state index in [9.17, 15) is 4.79 Å². The van der Waals surface area contributed by atoms with Crippen LogP contribution in [0.2, 0.25) is 5.02 Å². The molecule has 0 bridgehead atoms. The van der Waals surface area contributed by atoms with Gasteiger partial charge in [-0.3, -0.25) is 9.69 Å². The van der Waals surface area contributed by atoms with Gasteiger partial charge in [-0.2, -0.15) is 0 Å². The van der Waals surface area contributed by atoms with Gasteiger partial charge in [-0.1, -0.05) is 23.7 Å². The lowest BCUT2D eigenvalue weighted by molar-refractivity contribution is -0.123. The average molecular weight is 349 g/mol. The van der Waals surface area contributed by atoms with E-state index < -0.39 is 0 Å². The molecule has 1 aromatic heterocycles. The third-order valence-electron chi connectivity index (χ3n) is 4.48. The molecule has 3 nitrogen and oxygen atoms in total. The molecular weight excluding hydrogens is 328 g/mol. The van der Waals surface area contributed by atoms with E-state index in [0.29, 0.717) is 17.6 Å². The van der Waals surface area contributed by atoms with Crippen molar-refractivity contribution in [3.8, 4) is 0 Å². The number of carbonyl (C=O) groups is 1. The van der Waals surface area contributed by atoms with Crippen molar-refractivity contribution in [2.24, 2.45) is 0 Å². The summed E-state index contributed by atoms with van der Waals surface area (Å²) in [6, 6.07) is 10.1. The molecule has 1 N–H and O–H groups in total. The summed E-state index contributed by atoms with van der Waals surface area (Å²) < 4.78 is 0. The van der Waals surface area contributed by atoms with Crippen LogP contribution in [0.4, 0.5) is 0 Å². The fourth-order valence-electron chi connectivity index (χ4n) is 3.11. The molecule has 2 heterocycles. The fourth-order valence-corrected chi connectivity index (χ4v) is 4.27. The maximum atomic E-state index is 12.4. The Morgan fingerprint density at radius 3 is 3.09 bits per heavy atom. The zero-order valence-electron chi connectivity index (χ0n) is 13.4. The molecule has 23 heavy (non-hydrogen) atoms. The number of nitrogens with zero attached hydrogens (tertiary/aromatic N) is 1. The average Bonchev–Trinajstić information content (AvgIpc) is 2.99. The van der Waals surface area contributed by atoms with Crippen LogP contribution < -0.4 is 5.32 Å². The van der Waals surface area contributed by atoms with Crippen LogP contribution in [0.15, 0.2) is 35.7 Å². The Morgan fingerprint density at radius 1 is 1.48 bits per heavy atom. The quantitative estimate of drug-likeness (QED) is 0.898. The summed E-state index contributed by atoms with van der Waals surface area (Å²) >= 11 is 7.84. The van der Waals surface area contributed by atoms with Crippen LogP contribution in [0.25, 0.3) is 0 Å². The first-order valence-corrected chi connectivity index (χ1v) is 9.15. The number of nitrogens with one attached hydrogen (secondary N) is 1. The van der Waals surface area contributed by atoms with Gasteiger partial charge in [0.15, 0.2) is 0 Å². The Balaban J connectivity index is 1.59. The Bertz CT molecular complexity index is 700. The van der Waals surface area contributed by atoms with E-state index >= 15 is 0 Å². The second-order valence-electron chi connectivity index (χ2n) is 6.04. The molecule has 0 fully saturated rings. The largest absolute Gasteiger partial charge is 0.348 e. The molecule has 3 rings (SSSR count). The number of fused-ring (bicyclic) bond motifs is 1. The first-order chi connectivity index (χ1) is 11.0.